The molecule has 0 bridgehead atoms. The lowest BCUT2D eigenvalue weighted by atomic mass is 10.1. The van der Waals surface area contributed by atoms with E-state index in [-0.39, 0.29) is 0 Å². The Balaban J connectivity index is 2.25. The molecule has 0 amide bonds. The molecule has 0 fully saturated rings. The van der Waals surface area contributed by atoms with Crippen LogP contribution in [-0.4, -0.2) is 4.98 Å². The van der Waals surface area contributed by atoms with Gasteiger partial charge in [-0.25, -0.2) is 4.98 Å². The van der Waals surface area contributed by atoms with Crippen molar-refractivity contribution in [3.05, 3.63) is 62.8 Å². The predicted molar refractivity (Wildman–Crippen MR) is 70.9 cm³/mol. The number of nitriles is 1. The van der Waals surface area contributed by atoms with Crippen molar-refractivity contribution in [3.8, 4) is 6.07 Å². The topological polar surface area (TPSA) is 36.7 Å². The molecule has 0 radical (unpaired) electrons. The van der Waals surface area contributed by atoms with Crippen LogP contribution in [0.1, 0.15) is 16.8 Å². The van der Waals surface area contributed by atoms with E-state index in [0.717, 1.165) is 27.0 Å². The van der Waals surface area contributed by atoms with Crippen LogP contribution >= 0.6 is 27.5 Å². The summed E-state index contributed by atoms with van der Waals surface area (Å²) < 4.78 is 0.722. The van der Waals surface area contributed by atoms with Gasteiger partial charge in [0.1, 0.15) is 6.07 Å². The molecular weight excluding hydrogens is 300 g/mol. The van der Waals surface area contributed by atoms with Crippen molar-refractivity contribution in [1.82, 2.24) is 4.98 Å². The molecule has 0 aliphatic heterocycles. The third kappa shape index (κ3) is 3.06. The van der Waals surface area contributed by atoms with Gasteiger partial charge in [0, 0.05) is 11.2 Å². The zero-order valence-corrected chi connectivity index (χ0v) is 11.2. The molecule has 2 rings (SSSR count). The number of hydrogen-bond donors (Lipinski definition) is 0. The van der Waals surface area contributed by atoms with Crippen LogP contribution in [0.15, 0.2) is 41.0 Å². The maximum atomic E-state index is 8.78. The van der Waals surface area contributed by atoms with Crippen molar-refractivity contribution in [2.45, 2.75) is 6.42 Å². The number of benzene rings is 1. The van der Waals surface area contributed by atoms with Crippen molar-refractivity contribution in [1.29, 1.82) is 5.26 Å². The molecule has 0 spiro atoms. The van der Waals surface area contributed by atoms with E-state index in [0.29, 0.717) is 5.69 Å². The van der Waals surface area contributed by atoms with Gasteiger partial charge in [-0.1, -0.05) is 23.7 Å². The van der Waals surface area contributed by atoms with E-state index in [1.54, 1.807) is 6.20 Å². The van der Waals surface area contributed by atoms with Crippen LogP contribution in [-0.2, 0) is 6.42 Å². The van der Waals surface area contributed by atoms with Crippen molar-refractivity contribution in [2.75, 3.05) is 0 Å². The Morgan fingerprint density at radius 2 is 2.12 bits per heavy atom. The highest BCUT2D eigenvalue weighted by Crippen LogP contribution is 2.19. The molecule has 0 aliphatic carbocycles. The van der Waals surface area contributed by atoms with Crippen LogP contribution in [0.25, 0.3) is 0 Å². The Morgan fingerprint density at radius 3 is 2.76 bits per heavy atom. The fourth-order valence-electron chi connectivity index (χ4n) is 1.54. The van der Waals surface area contributed by atoms with Crippen LogP contribution < -0.4 is 0 Å². The van der Waals surface area contributed by atoms with Crippen molar-refractivity contribution < 1.29 is 0 Å². The van der Waals surface area contributed by atoms with Gasteiger partial charge in [-0.05, 0) is 51.7 Å². The number of aromatic nitrogens is 1. The van der Waals surface area contributed by atoms with E-state index in [1.807, 2.05) is 36.4 Å². The lowest BCUT2D eigenvalue weighted by Gasteiger charge is -2.03. The fourth-order valence-corrected chi connectivity index (χ4v) is 2.24. The molecule has 0 N–H and O–H groups in total. The summed E-state index contributed by atoms with van der Waals surface area (Å²) in [5.41, 5.74) is 2.56. The summed E-state index contributed by atoms with van der Waals surface area (Å²) in [5, 5.41) is 9.50. The van der Waals surface area contributed by atoms with Gasteiger partial charge in [-0.15, -0.1) is 0 Å². The summed E-state index contributed by atoms with van der Waals surface area (Å²) in [6, 6.07) is 11.6. The minimum Gasteiger partial charge on any atom is -0.244 e. The number of halogens is 2. The average molecular weight is 308 g/mol. The van der Waals surface area contributed by atoms with Gasteiger partial charge in [0.2, 0.25) is 0 Å². The third-order valence-electron chi connectivity index (χ3n) is 2.30. The molecule has 1 heterocycles. The lowest BCUT2D eigenvalue weighted by Crippen LogP contribution is -1.92. The first-order chi connectivity index (χ1) is 8.19. The molecule has 0 aliphatic rings. The standard InChI is InChI=1S/C13H8BrClN2/c14-12-6-10(8-17-13(12)7-16)4-9-2-1-3-11(15)5-9/h1-3,5-6,8H,4H2. The molecule has 4 heteroatoms. The maximum Gasteiger partial charge on any atom is 0.154 e. The van der Waals surface area contributed by atoms with Gasteiger partial charge >= 0.3 is 0 Å². The molecule has 84 valence electrons. The van der Waals surface area contributed by atoms with Crippen LogP contribution in [0.5, 0.6) is 0 Å². The Hall–Kier alpha value is -1.37. The van der Waals surface area contributed by atoms with E-state index in [2.05, 4.69) is 20.9 Å². The fraction of sp³-hybridized carbons (Fsp3) is 0.0769. The monoisotopic (exact) mass is 306 g/mol. The first-order valence-electron chi connectivity index (χ1n) is 4.98. The molecule has 2 aromatic rings. The van der Waals surface area contributed by atoms with Gasteiger partial charge in [-0.3, -0.25) is 0 Å². The highest BCUT2D eigenvalue weighted by Gasteiger charge is 2.03. The maximum absolute atomic E-state index is 8.78. The van der Waals surface area contributed by atoms with E-state index in [9.17, 15) is 0 Å². The van der Waals surface area contributed by atoms with Gasteiger partial charge in [0.05, 0.1) is 4.47 Å². The Kier molecular flexibility index (Phi) is 3.78. The lowest BCUT2D eigenvalue weighted by molar-refractivity contribution is 1.12. The predicted octanol–water partition coefficient (Wildman–Crippen LogP) is 3.96. The quantitative estimate of drug-likeness (QED) is 0.842. The molecule has 1 aromatic heterocycles. The summed E-state index contributed by atoms with van der Waals surface area (Å²) >= 11 is 9.25. The Bertz CT molecular complexity index is 590. The Morgan fingerprint density at radius 1 is 1.29 bits per heavy atom. The number of pyridine rings is 1. The molecule has 0 saturated carbocycles. The Labute approximate surface area is 113 Å². The number of nitrogens with zero attached hydrogens (tertiary/aromatic N) is 2. The molecule has 17 heavy (non-hydrogen) atoms. The van der Waals surface area contributed by atoms with Gasteiger partial charge < -0.3 is 0 Å². The van der Waals surface area contributed by atoms with Crippen molar-refractivity contribution in [2.24, 2.45) is 0 Å². The molecule has 0 unspecified atom stereocenters. The average Bonchev–Trinajstić information content (AvgIpc) is 2.29. The summed E-state index contributed by atoms with van der Waals surface area (Å²) in [5.74, 6) is 0. The van der Waals surface area contributed by atoms with Crippen LogP contribution in [0.2, 0.25) is 5.02 Å². The van der Waals surface area contributed by atoms with E-state index in [1.165, 1.54) is 0 Å². The minimum absolute atomic E-state index is 0.403. The summed E-state index contributed by atoms with van der Waals surface area (Å²) in [6.07, 6.45) is 2.46. The van der Waals surface area contributed by atoms with E-state index < -0.39 is 0 Å². The zero-order valence-electron chi connectivity index (χ0n) is 8.82. The second-order valence-corrected chi connectivity index (χ2v) is 4.88. The first kappa shape index (κ1) is 12.1. The highest BCUT2D eigenvalue weighted by atomic mass is 79.9. The van der Waals surface area contributed by atoms with Crippen LogP contribution in [0.3, 0.4) is 0 Å². The molecule has 0 saturated heterocycles. The third-order valence-corrected chi connectivity index (χ3v) is 3.14. The number of hydrogen-bond acceptors (Lipinski definition) is 2. The van der Waals surface area contributed by atoms with Crippen LogP contribution in [0.4, 0.5) is 0 Å². The first-order valence-corrected chi connectivity index (χ1v) is 6.15. The van der Waals surface area contributed by atoms with Crippen molar-refractivity contribution >= 4 is 27.5 Å². The normalized spacial score (nSPS) is 9.94. The second kappa shape index (κ2) is 5.31. The molecular formula is C13H8BrClN2. The molecule has 0 atom stereocenters. The largest absolute Gasteiger partial charge is 0.244 e. The molecule has 2 nitrogen and oxygen atoms in total. The van der Waals surface area contributed by atoms with E-state index >= 15 is 0 Å². The second-order valence-electron chi connectivity index (χ2n) is 3.59. The molecule has 1 aromatic carbocycles. The summed E-state index contributed by atoms with van der Waals surface area (Å²) in [7, 11) is 0. The van der Waals surface area contributed by atoms with Gasteiger partial charge in [-0.2, -0.15) is 5.26 Å². The van der Waals surface area contributed by atoms with Gasteiger partial charge in [0.15, 0.2) is 5.69 Å². The smallest absolute Gasteiger partial charge is 0.154 e. The zero-order chi connectivity index (χ0) is 12.3. The minimum atomic E-state index is 0.403. The van der Waals surface area contributed by atoms with Crippen molar-refractivity contribution in [3.63, 3.8) is 0 Å². The van der Waals surface area contributed by atoms with E-state index in [4.69, 9.17) is 16.9 Å². The number of rotatable bonds is 2. The van der Waals surface area contributed by atoms with Gasteiger partial charge in [0.25, 0.3) is 0 Å². The highest BCUT2D eigenvalue weighted by molar-refractivity contribution is 9.10. The van der Waals surface area contributed by atoms with Crippen LogP contribution in [0, 0.1) is 11.3 Å². The summed E-state index contributed by atoms with van der Waals surface area (Å²) in [6.45, 7) is 0. The SMILES string of the molecule is N#Cc1ncc(Cc2cccc(Cl)c2)cc1Br. The summed E-state index contributed by atoms with van der Waals surface area (Å²) in [4.78, 5) is 4.07.